The second kappa shape index (κ2) is 10.4. The molecule has 0 saturated heterocycles. The van der Waals surface area contributed by atoms with Crippen LogP contribution in [0.25, 0.3) is 10.8 Å². The van der Waals surface area contributed by atoms with Crippen LogP contribution >= 0.6 is 0 Å². The van der Waals surface area contributed by atoms with Gasteiger partial charge in [0.1, 0.15) is 12.4 Å². The Morgan fingerprint density at radius 3 is 2.38 bits per heavy atom. The van der Waals surface area contributed by atoms with E-state index in [4.69, 9.17) is 9.47 Å². The number of hydrogen-bond acceptors (Lipinski definition) is 4. The van der Waals surface area contributed by atoms with Crippen molar-refractivity contribution >= 4 is 22.9 Å². The topological polar surface area (TPSA) is 59.9 Å². The fraction of sp³-hybridized carbons (Fsp3) is 0.111. The highest BCUT2D eigenvalue weighted by Gasteiger charge is 2.19. The van der Waals surface area contributed by atoms with Crippen LogP contribution in [0.4, 0.5) is 0 Å². The van der Waals surface area contributed by atoms with Gasteiger partial charge in [0.25, 0.3) is 5.91 Å². The molecule has 4 aromatic rings. The number of benzene rings is 4. The first-order chi connectivity index (χ1) is 15.7. The Kier molecular flexibility index (Phi) is 6.90. The van der Waals surface area contributed by atoms with Gasteiger partial charge in [0, 0.05) is 7.11 Å². The largest absolute Gasteiger partial charge is 0.489 e. The minimum atomic E-state index is -0.709. The third-order valence-electron chi connectivity index (χ3n) is 5.06. The van der Waals surface area contributed by atoms with Crippen molar-refractivity contribution in [3.63, 3.8) is 0 Å². The first kappa shape index (κ1) is 21.3. The zero-order valence-corrected chi connectivity index (χ0v) is 17.8. The lowest BCUT2D eigenvalue weighted by Crippen LogP contribution is -2.26. The monoisotopic (exact) mass is 424 g/mol. The lowest BCUT2D eigenvalue weighted by atomic mass is 10.1. The van der Waals surface area contributed by atoms with E-state index >= 15 is 0 Å². The maximum absolute atomic E-state index is 12.4. The van der Waals surface area contributed by atoms with Gasteiger partial charge in [0.05, 0.1) is 6.21 Å². The molecule has 0 aromatic heterocycles. The van der Waals surface area contributed by atoms with Crippen LogP contribution in [0.5, 0.6) is 5.75 Å². The molecule has 4 aromatic carbocycles. The molecule has 0 heterocycles. The first-order valence-electron chi connectivity index (χ1n) is 10.3. The van der Waals surface area contributed by atoms with E-state index in [2.05, 4.69) is 40.9 Å². The standard InChI is InChI=1S/C27H24N2O3/c1-31-26(23-8-3-2-4-9-23)27(30)29-28-18-20-12-15-25(16-13-20)32-19-21-11-14-22-7-5-6-10-24(22)17-21/h2-18,26H,19H2,1H3,(H,29,30)/b28-18-/t26-/m1/s1. The Morgan fingerprint density at radius 1 is 0.906 bits per heavy atom. The number of nitrogens with one attached hydrogen (secondary N) is 1. The van der Waals surface area contributed by atoms with Gasteiger partial charge in [0.15, 0.2) is 6.10 Å². The van der Waals surface area contributed by atoms with Gasteiger partial charge in [-0.25, -0.2) is 5.43 Å². The average molecular weight is 425 g/mol. The molecular formula is C27H24N2O3. The highest BCUT2D eigenvalue weighted by molar-refractivity contribution is 5.85. The van der Waals surface area contributed by atoms with E-state index in [1.54, 1.807) is 6.21 Å². The van der Waals surface area contributed by atoms with E-state index in [1.165, 1.54) is 17.9 Å². The van der Waals surface area contributed by atoms with Crippen LogP contribution in [0.3, 0.4) is 0 Å². The summed E-state index contributed by atoms with van der Waals surface area (Å²) in [4.78, 5) is 12.4. The summed E-state index contributed by atoms with van der Waals surface area (Å²) in [5, 5.41) is 6.46. The summed E-state index contributed by atoms with van der Waals surface area (Å²) < 4.78 is 11.2. The van der Waals surface area contributed by atoms with Gasteiger partial charge in [-0.1, -0.05) is 66.7 Å². The molecule has 0 aliphatic carbocycles. The predicted octanol–water partition coefficient (Wildman–Crippen LogP) is 5.26. The predicted molar refractivity (Wildman–Crippen MR) is 127 cm³/mol. The minimum absolute atomic E-state index is 0.328. The first-order valence-corrected chi connectivity index (χ1v) is 10.3. The van der Waals surface area contributed by atoms with E-state index in [9.17, 15) is 4.79 Å². The second-order valence-electron chi connectivity index (χ2n) is 7.30. The lowest BCUT2D eigenvalue weighted by Gasteiger charge is -2.13. The fourth-order valence-corrected chi connectivity index (χ4v) is 3.40. The molecule has 0 aliphatic rings. The van der Waals surface area contributed by atoms with E-state index in [-0.39, 0.29) is 5.91 Å². The zero-order chi connectivity index (χ0) is 22.2. The van der Waals surface area contributed by atoms with Gasteiger partial charge in [0.2, 0.25) is 0 Å². The van der Waals surface area contributed by atoms with Crippen LogP contribution in [0.1, 0.15) is 22.8 Å². The van der Waals surface area contributed by atoms with Crippen molar-refractivity contribution in [3.8, 4) is 5.75 Å². The number of amides is 1. The van der Waals surface area contributed by atoms with E-state index in [1.807, 2.05) is 66.7 Å². The minimum Gasteiger partial charge on any atom is -0.489 e. The fourth-order valence-electron chi connectivity index (χ4n) is 3.40. The molecule has 4 rings (SSSR count). The second-order valence-corrected chi connectivity index (χ2v) is 7.30. The molecule has 0 saturated carbocycles. The third-order valence-corrected chi connectivity index (χ3v) is 5.06. The SMILES string of the molecule is CO[C@@H](C(=O)N/N=C\c1ccc(OCc2ccc3ccccc3c2)cc1)c1ccccc1. The summed E-state index contributed by atoms with van der Waals surface area (Å²) in [7, 11) is 1.50. The van der Waals surface area contributed by atoms with Gasteiger partial charge in [-0.15, -0.1) is 0 Å². The Labute approximate surface area is 187 Å². The molecule has 5 nitrogen and oxygen atoms in total. The quantitative estimate of drug-likeness (QED) is 0.310. The lowest BCUT2D eigenvalue weighted by molar-refractivity contribution is -0.131. The summed E-state index contributed by atoms with van der Waals surface area (Å²) in [5.74, 6) is 0.438. The van der Waals surface area contributed by atoms with Crippen LogP contribution in [0.15, 0.2) is 102 Å². The maximum Gasteiger partial charge on any atom is 0.273 e. The Bertz CT molecular complexity index is 1200. The Balaban J connectivity index is 1.31. The highest BCUT2D eigenvalue weighted by atomic mass is 16.5. The van der Waals surface area contributed by atoms with Crippen LogP contribution in [-0.2, 0) is 16.1 Å². The van der Waals surface area contributed by atoms with Crippen molar-refractivity contribution < 1.29 is 14.3 Å². The number of nitrogens with zero attached hydrogens (tertiary/aromatic N) is 1. The van der Waals surface area contributed by atoms with Crippen LogP contribution in [-0.4, -0.2) is 19.2 Å². The number of carbonyl (C=O) groups excluding carboxylic acids is 1. The van der Waals surface area contributed by atoms with E-state index in [0.29, 0.717) is 6.61 Å². The summed E-state index contributed by atoms with van der Waals surface area (Å²) >= 11 is 0. The van der Waals surface area contributed by atoms with Gasteiger partial charge in [-0.05, 0) is 57.8 Å². The molecule has 0 spiro atoms. The van der Waals surface area contributed by atoms with Crippen molar-refractivity contribution in [3.05, 3.63) is 114 Å². The summed E-state index contributed by atoms with van der Waals surface area (Å²) in [6.07, 6.45) is 0.877. The molecule has 160 valence electrons. The molecule has 0 fully saturated rings. The maximum atomic E-state index is 12.4. The van der Waals surface area contributed by atoms with Crippen LogP contribution in [0.2, 0.25) is 0 Å². The van der Waals surface area contributed by atoms with Gasteiger partial charge >= 0.3 is 0 Å². The van der Waals surface area contributed by atoms with E-state index in [0.717, 1.165) is 22.4 Å². The number of hydrazone groups is 1. The van der Waals surface area contributed by atoms with Crippen molar-refractivity contribution in [2.75, 3.05) is 7.11 Å². The molecule has 0 unspecified atom stereocenters. The Morgan fingerprint density at radius 2 is 1.62 bits per heavy atom. The number of hydrogen-bond donors (Lipinski definition) is 1. The highest BCUT2D eigenvalue weighted by Crippen LogP contribution is 2.19. The number of ether oxygens (including phenoxy) is 2. The van der Waals surface area contributed by atoms with E-state index < -0.39 is 6.10 Å². The molecular weight excluding hydrogens is 400 g/mol. The van der Waals surface area contributed by atoms with Crippen molar-refractivity contribution in [1.29, 1.82) is 0 Å². The molecule has 5 heteroatoms. The average Bonchev–Trinajstić information content (AvgIpc) is 2.84. The molecule has 0 radical (unpaired) electrons. The summed E-state index contributed by atoms with van der Waals surface area (Å²) in [6.45, 7) is 0.492. The number of fused-ring (bicyclic) bond motifs is 1. The summed E-state index contributed by atoms with van der Waals surface area (Å²) in [6, 6.07) is 31.4. The zero-order valence-electron chi connectivity index (χ0n) is 17.8. The third kappa shape index (κ3) is 5.39. The van der Waals surface area contributed by atoms with Crippen molar-refractivity contribution in [2.24, 2.45) is 5.10 Å². The number of methoxy groups -OCH3 is 1. The van der Waals surface area contributed by atoms with Gasteiger partial charge in [-0.2, -0.15) is 5.10 Å². The molecule has 1 N–H and O–H groups in total. The number of carbonyl (C=O) groups is 1. The Hall–Kier alpha value is -3.96. The molecule has 0 aliphatic heterocycles. The smallest absolute Gasteiger partial charge is 0.273 e. The van der Waals surface area contributed by atoms with Crippen LogP contribution < -0.4 is 10.2 Å². The number of rotatable bonds is 8. The normalized spacial score (nSPS) is 12.0. The van der Waals surface area contributed by atoms with Crippen molar-refractivity contribution in [1.82, 2.24) is 5.43 Å². The van der Waals surface area contributed by atoms with Gasteiger partial charge < -0.3 is 9.47 Å². The summed E-state index contributed by atoms with van der Waals surface area (Å²) in [5.41, 5.74) is 5.26. The molecule has 1 atom stereocenters. The molecule has 32 heavy (non-hydrogen) atoms. The molecule has 0 bridgehead atoms. The van der Waals surface area contributed by atoms with Crippen LogP contribution in [0, 0.1) is 0 Å². The van der Waals surface area contributed by atoms with Gasteiger partial charge in [-0.3, -0.25) is 4.79 Å². The van der Waals surface area contributed by atoms with Crippen molar-refractivity contribution in [2.45, 2.75) is 12.7 Å². The molecule has 1 amide bonds.